The van der Waals surface area contributed by atoms with Gasteiger partial charge >= 0.3 is 0 Å². The van der Waals surface area contributed by atoms with Gasteiger partial charge in [-0.05, 0) is 19.8 Å². The Kier molecular flexibility index (Phi) is 3.78. The Morgan fingerprint density at radius 2 is 2.29 bits per heavy atom. The molecule has 2 rings (SSSR count). The van der Waals surface area contributed by atoms with E-state index in [1.165, 1.54) is 5.56 Å². The first kappa shape index (κ1) is 12.1. The molecule has 5 heteroatoms. The van der Waals surface area contributed by atoms with Gasteiger partial charge in [-0.15, -0.1) is 0 Å². The van der Waals surface area contributed by atoms with Crippen LogP contribution < -0.4 is 10.6 Å². The molecule has 1 aliphatic rings. The highest BCUT2D eigenvalue weighted by atomic mass is 16.2. The number of carbonyl (C=O) groups is 1. The van der Waals surface area contributed by atoms with Gasteiger partial charge in [-0.3, -0.25) is 9.48 Å². The van der Waals surface area contributed by atoms with Crippen LogP contribution >= 0.6 is 0 Å². The van der Waals surface area contributed by atoms with Crippen LogP contribution in [-0.4, -0.2) is 28.8 Å². The summed E-state index contributed by atoms with van der Waals surface area (Å²) in [5.41, 5.74) is 2.27. The molecule has 2 N–H and O–H groups in total. The van der Waals surface area contributed by atoms with E-state index >= 15 is 0 Å². The average molecular weight is 236 g/mol. The molecule has 0 radical (unpaired) electrons. The van der Waals surface area contributed by atoms with Gasteiger partial charge in [0.1, 0.15) is 0 Å². The van der Waals surface area contributed by atoms with Crippen LogP contribution in [0.2, 0.25) is 0 Å². The van der Waals surface area contributed by atoms with Gasteiger partial charge in [-0.1, -0.05) is 0 Å². The van der Waals surface area contributed by atoms with E-state index in [0.29, 0.717) is 12.5 Å². The van der Waals surface area contributed by atoms with Crippen molar-refractivity contribution >= 4 is 5.91 Å². The second kappa shape index (κ2) is 5.31. The van der Waals surface area contributed by atoms with E-state index in [0.717, 1.165) is 31.6 Å². The van der Waals surface area contributed by atoms with Crippen LogP contribution in [0.25, 0.3) is 0 Å². The van der Waals surface area contributed by atoms with Crippen LogP contribution in [0.4, 0.5) is 0 Å². The highest BCUT2D eigenvalue weighted by Crippen LogP contribution is 2.28. The van der Waals surface area contributed by atoms with Crippen LogP contribution in [0, 0.1) is 12.8 Å². The molecule has 1 saturated carbocycles. The highest BCUT2D eigenvalue weighted by Gasteiger charge is 2.28. The van der Waals surface area contributed by atoms with E-state index in [1.807, 2.05) is 24.9 Å². The number of nitrogens with one attached hydrogen (secondary N) is 2. The van der Waals surface area contributed by atoms with E-state index in [4.69, 9.17) is 0 Å². The molecule has 1 aliphatic carbocycles. The topological polar surface area (TPSA) is 59.0 Å². The normalized spacial score (nSPS) is 14.9. The van der Waals surface area contributed by atoms with Crippen LogP contribution in [0.5, 0.6) is 0 Å². The van der Waals surface area contributed by atoms with E-state index in [-0.39, 0.29) is 5.91 Å². The molecule has 1 amide bonds. The fourth-order valence-corrected chi connectivity index (χ4v) is 1.81. The lowest BCUT2D eigenvalue weighted by molar-refractivity contribution is -0.122. The van der Waals surface area contributed by atoms with Crippen molar-refractivity contribution in [3.05, 3.63) is 17.5 Å². The largest absolute Gasteiger partial charge is 0.355 e. The van der Waals surface area contributed by atoms with Crippen molar-refractivity contribution in [2.45, 2.75) is 26.3 Å². The van der Waals surface area contributed by atoms with E-state index < -0.39 is 0 Å². The Hall–Kier alpha value is -1.36. The Morgan fingerprint density at radius 3 is 2.88 bits per heavy atom. The molecule has 0 aromatic carbocycles. The molecule has 0 atom stereocenters. The van der Waals surface area contributed by atoms with Crippen LogP contribution in [0.3, 0.4) is 0 Å². The molecular weight excluding hydrogens is 216 g/mol. The number of rotatable bonds is 6. The minimum atomic E-state index is 0.212. The summed E-state index contributed by atoms with van der Waals surface area (Å²) in [6.07, 6.45) is 4.15. The summed E-state index contributed by atoms with van der Waals surface area (Å²) in [6, 6.07) is 0. The minimum Gasteiger partial charge on any atom is -0.355 e. The van der Waals surface area contributed by atoms with Crippen molar-refractivity contribution in [3.63, 3.8) is 0 Å². The molecule has 0 spiro atoms. The Morgan fingerprint density at radius 1 is 1.53 bits per heavy atom. The molecule has 1 heterocycles. The second-order valence-electron chi connectivity index (χ2n) is 4.66. The predicted molar refractivity (Wildman–Crippen MR) is 65.4 cm³/mol. The van der Waals surface area contributed by atoms with Crippen LogP contribution in [0.1, 0.15) is 24.1 Å². The zero-order valence-electron chi connectivity index (χ0n) is 10.5. The van der Waals surface area contributed by atoms with Crippen molar-refractivity contribution < 1.29 is 4.79 Å². The SMILES string of the molecule is Cc1nn(C)cc1CNCCNC(=O)C1CC1. The van der Waals surface area contributed by atoms with Crippen molar-refractivity contribution in [1.29, 1.82) is 0 Å². The molecule has 1 aromatic rings. The Labute approximate surface area is 102 Å². The fraction of sp³-hybridized carbons (Fsp3) is 0.667. The summed E-state index contributed by atoms with van der Waals surface area (Å²) < 4.78 is 1.82. The third-order valence-electron chi connectivity index (χ3n) is 2.98. The summed E-state index contributed by atoms with van der Waals surface area (Å²) >= 11 is 0. The number of carbonyl (C=O) groups excluding carboxylic acids is 1. The van der Waals surface area contributed by atoms with E-state index in [9.17, 15) is 4.79 Å². The summed E-state index contributed by atoms with van der Waals surface area (Å²) in [7, 11) is 1.92. The average Bonchev–Trinajstić information content (AvgIpc) is 3.06. The number of amides is 1. The van der Waals surface area contributed by atoms with Crippen molar-refractivity contribution in [1.82, 2.24) is 20.4 Å². The zero-order valence-corrected chi connectivity index (χ0v) is 10.5. The number of nitrogens with zero attached hydrogens (tertiary/aromatic N) is 2. The number of aryl methyl sites for hydroxylation is 2. The maximum atomic E-state index is 11.3. The zero-order chi connectivity index (χ0) is 12.3. The van der Waals surface area contributed by atoms with E-state index in [2.05, 4.69) is 15.7 Å². The van der Waals surface area contributed by atoms with Crippen molar-refractivity contribution in [2.24, 2.45) is 13.0 Å². The summed E-state index contributed by atoms with van der Waals surface area (Å²) in [4.78, 5) is 11.3. The lowest BCUT2D eigenvalue weighted by Crippen LogP contribution is -2.32. The first-order valence-corrected chi connectivity index (χ1v) is 6.14. The van der Waals surface area contributed by atoms with E-state index in [1.54, 1.807) is 0 Å². The maximum Gasteiger partial charge on any atom is 0.223 e. The smallest absolute Gasteiger partial charge is 0.223 e. The molecule has 0 aliphatic heterocycles. The quantitative estimate of drug-likeness (QED) is 0.700. The summed E-state index contributed by atoms with van der Waals surface area (Å²) in [5.74, 6) is 0.514. The van der Waals surface area contributed by atoms with Gasteiger partial charge in [-0.25, -0.2) is 0 Å². The highest BCUT2D eigenvalue weighted by molar-refractivity contribution is 5.80. The van der Waals surface area contributed by atoms with Gasteiger partial charge in [-0.2, -0.15) is 5.10 Å². The first-order valence-electron chi connectivity index (χ1n) is 6.14. The fourth-order valence-electron chi connectivity index (χ4n) is 1.81. The van der Waals surface area contributed by atoms with Gasteiger partial charge in [0.25, 0.3) is 0 Å². The first-order chi connectivity index (χ1) is 8.16. The van der Waals surface area contributed by atoms with Gasteiger partial charge in [0, 0.05) is 44.4 Å². The lowest BCUT2D eigenvalue weighted by Gasteiger charge is -2.05. The third kappa shape index (κ3) is 3.56. The molecule has 0 saturated heterocycles. The monoisotopic (exact) mass is 236 g/mol. The Bertz CT molecular complexity index is 395. The summed E-state index contributed by atoms with van der Waals surface area (Å²) in [5, 5.41) is 10.5. The second-order valence-corrected chi connectivity index (χ2v) is 4.66. The molecule has 17 heavy (non-hydrogen) atoms. The third-order valence-corrected chi connectivity index (χ3v) is 2.98. The molecule has 5 nitrogen and oxygen atoms in total. The molecule has 1 fully saturated rings. The number of hydrogen-bond acceptors (Lipinski definition) is 3. The molecule has 0 bridgehead atoms. The molecular formula is C12H20N4O. The van der Waals surface area contributed by atoms with Crippen LogP contribution in [-0.2, 0) is 18.4 Å². The van der Waals surface area contributed by atoms with Gasteiger partial charge in [0.15, 0.2) is 0 Å². The summed E-state index contributed by atoms with van der Waals surface area (Å²) in [6.45, 7) is 4.31. The number of aromatic nitrogens is 2. The predicted octanol–water partition coefficient (Wildman–Crippen LogP) is 0.344. The van der Waals surface area contributed by atoms with Gasteiger partial charge < -0.3 is 10.6 Å². The minimum absolute atomic E-state index is 0.212. The van der Waals surface area contributed by atoms with Crippen molar-refractivity contribution in [3.8, 4) is 0 Å². The van der Waals surface area contributed by atoms with Gasteiger partial charge in [0.2, 0.25) is 5.91 Å². The van der Waals surface area contributed by atoms with Crippen LogP contribution in [0.15, 0.2) is 6.20 Å². The molecule has 0 unspecified atom stereocenters. The molecule has 1 aromatic heterocycles. The number of hydrogen-bond donors (Lipinski definition) is 2. The maximum absolute atomic E-state index is 11.3. The van der Waals surface area contributed by atoms with Gasteiger partial charge in [0.05, 0.1) is 5.69 Å². The lowest BCUT2D eigenvalue weighted by atomic mass is 10.2. The van der Waals surface area contributed by atoms with Crippen molar-refractivity contribution in [2.75, 3.05) is 13.1 Å². The Balaban J connectivity index is 1.59. The standard InChI is InChI=1S/C12H20N4O/c1-9-11(8-16(2)15-9)7-13-5-6-14-12(17)10-3-4-10/h8,10,13H,3-7H2,1-2H3,(H,14,17). The molecule has 94 valence electrons.